The van der Waals surface area contributed by atoms with E-state index < -0.39 is 9.75 Å². The molecule has 2 N–H and O–H groups in total. The van der Waals surface area contributed by atoms with Crippen molar-refractivity contribution in [1.82, 2.24) is 0 Å². The third-order valence-electron chi connectivity index (χ3n) is 5.02. The Balaban J connectivity index is 1.94. The molecule has 1 aliphatic rings. The molecule has 0 aliphatic heterocycles. The third-order valence-corrected chi connectivity index (χ3v) is 6.05. The lowest BCUT2D eigenvalue weighted by Crippen LogP contribution is -2.17. The summed E-state index contributed by atoms with van der Waals surface area (Å²) in [6.07, 6.45) is 0. The first-order valence-corrected chi connectivity index (χ1v) is 8.75. The van der Waals surface area contributed by atoms with Crippen molar-refractivity contribution >= 4 is 23.2 Å². The molecule has 0 saturated heterocycles. The van der Waals surface area contributed by atoms with Crippen LogP contribution in [-0.4, -0.2) is 14.5 Å². The maximum Gasteiger partial charge on any atom is 0.140 e. The molecule has 1 atom stereocenters. The SMILES string of the molecule is Oc1ccc(C2(c3ccc(O)cc3)C(c3ccccc3)C2(Cl)Cl)cc1. The Morgan fingerprint density at radius 3 is 1.52 bits per heavy atom. The zero-order chi connectivity index (χ0) is 17.7. The van der Waals surface area contributed by atoms with Gasteiger partial charge in [-0.1, -0.05) is 77.8 Å². The lowest BCUT2D eigenvalue weighted by molar-refractivity contribution is 0.475. The minimum Gasteiger partial charge on any atom is -0.508 e. The van der Waals surface area contributed by atoms with Crippen LogP contribution in [0.3, 0.4) is 0 Å². The van der Waals surface area contributed by atoms with Gasteiger partial charge < -0.3 is 10.2 Å². The number of hydrogen-bond acceptors (Lipinski definition) is 2. The largest absolute Gasteiger partial charge is 0.508 e. The van der Waals surface area contributed by atoms with Gasteiger partial charge in [0.25, 0.3) is 0 Å². The molecule has 1 saturated carbocycles. The highest BCUT2D eigenvalue weighted by Gasteiger charge is 2.77. The van der Waals surface area contributed by atoms with Crippen LogP contribution in [0, 0.1) is 0 Å². The molecule has 4 rings (SSSR count). The van der Waals surface area contributed by atoms with Crippen LogP contribution in [0.4, 0.5) is 0 Å². The molecule has 0 spiro atoms. The summed E-state index contributed by atoms with van der Waals surface area (Å²) in [5, 5.41) is 19.3. The maximum absolute atomic E-state index is 9.66. The normalized spacial score (nSPS) is 20.2. The number of aromatic hydroxyl groups is 2. The average Bonchev–Trinajstić information content (AvgIpc) is 3.14. The van der Waals surface area contributed by atoms with E-state index in [1.54, 1.807) is 24.3 Å². The van der Waals surface area contributed by atoms with Crippen LogP contribution in [-0.2, 0) is 5.41 Å². The molecular weight excluding hydrogens is 355 g/mol. The lowest BCUT2D eigenvalue weighted by atomic mass is 9.84. The van der Waals surface area contributed by atoms with E-state index in [2.05, 4.69) is 0 Å². The summed E-state index contributed by atoms with van der Waals surface area (Å²) in [6, 6.07) is 23.9. The van der Waals surface area contributed by atoms with Gasteiger partial charge in [-0.2, -0.15) is 0 Å². The van der Waals surface area contributed by atoms with Gasteiger partial charge in [0, 0.05) is 5.92 Å². The number of hydrogen-bond donors (Lipinski definition) is 2. The summed E-state index contributed by atoms with van der Waals surface area (Å²) in [7, 11) is 0. The molecule has 1 aliphatic carbocycles. The zero-order valence-electron chi connectivity index (χ0n) is 13.2. The van der Waals surface area contributed by atoms with E-state index in [1.807, 2.05) is 54.6 Å². The summed E-state index contributed by atoms with van der Waals surface area (Å²) < 4.78 is -1.04. The molecule has 0 radical (unpaired) electrons. The predicted octanol–water partition coefficient (Wildman–Crippen LogP) is 5.36. The topological polar surface area (TPSA) is 40.5 Å². The van der Waals surface area contributed by atoms with Crippen molar-refractivity contribution in [3.63, 3.8) is 0 Å². The molecule has 4 heteroatoms. The molecule has 3 aromatic rings. The second kappa shape index (κ2) is 5.69. The van der Waals surface area contributed by atoms with Crippen molar-refractivity contribution < 1.29 is 10.2 Å². The van der Waals surface area contributed by atoms with Crippen molar-refractivity contribution in [1.29, 1.82) is 0 Å². The molecule has 0 heterocycles. The van der Waals surface area contributed by atoms with E-state index in [-0.39, 0.29) is 17.4 Å². The fourth-order valence-corrected chi connectivity index (χ4v) is 4.97. The zero-order valence-corrected chi connectivity index (χ0v) is 14.7. The van der Waals surface area contributed by atoms with E-state index >= 15 is 0 Å². The number of halogens is 2. The van der Waals surface area contributed by atoms with Crippen LogP contribution in [0.25, 0.3) is 0 Å². The van der Waals surface area contributed by atoms with E-state index in [9.17, 15) is 10.2 Å². The van der Waals surface area contributed by atoms with Gasteiger partial charge in [0.2, 0.25) is 0 Å². The van der Waals surface area contributed by atoms with Crippen LogP contribution in [0.2, 0.25) is 0 Å². The van der Waals surface area contributed by atoms with Crippen molar-refractivity contribution in [2.45, 2.75) is 15.7 Å². The van der Waals surface area contributed by atoms with Crippen LogP contribution in [0.1, 0.15) is 22.6 Å². The molecule has 0 amide bonds. The Morgan fingerprint density at radius 2 is 1.08 bits per heavy atom. The molecule has 1 fully saturated rings. The first-order chi connectivity index (χ1) is 12.0. The second-order valence-electron chi connectivity index (χ2n) is 6.37. The Kier molecular flexibility index (Phi) is 3.71. The van der Waals surface area contributed by atoms with Gasteiger partial charge in [-0.25, -0.2) is 0 Å². The fourth-order valence-electron chi connectivity index (χ4n) is 3.84. The van der Waals surface area contributed by atoms with Gasteiger partial charge in [0.15, 0.2) is 0 Å². The maximum atomic E-state index is 9.66. The summed E-state index contributed by atoms with van der Waals surface area (Å²) in [6.45, 7) is 0. The summed E-state index contributed by atoms with van der Waals surface area (Å²) >= 11 is 13.7. The van der Waals surface area contributed by atoms with E-state index in [0.717, 1.165) is 16.7 Å². The van der Waals surface area contributed by atoms with Crippen LogP contribution < -0.4 is 0 Å². The smallest absolute Gasteiger partial charge is 0.140 e. The van der Waals surface area contributed by atoms with Crippen molar-refractivity contribution in [2.24, 2.45) is 0 Å². The molecule has 126 valence electrons. The Hall–Kier alpha value is -2.16. The summed E-state index contributed by atoms with van der Waals surface area (Å²) in [5.41, 5.74) is 2.25. The molecular formula is C21H16Cl2O2. The molecule has 1 unspecified atom stereocenters. The van der Waals surface area contributed by atoms with Crippen molar-refractivity contribution in [3.05, 3.63) is 95.6 Å². The van der Waals surface area contributed by atoms with Crippen molar-refractivity contribution in [3.8, 4) is 11.5 Å². The van der Waals surface area contributed by atoms with Gasteiger partial charge in [0.05, 0.1) is 5.41 Å². The summed E-state index contributed by atoms with van der Waals surface area (Å²) in [4.78, 5) is 0. The monoisotopic (exact) mass is 370 g/mol. The standard InChI is InChI=1S/C21H16Cl2O2/c22-21(23)19(14-4-2-1-3-5-14)20(21,15-6-10-17(24)11-7-15)16-8-12-18(25)13-9-16/h1-13,19,24-25H. The first-order valence-electron chi connectivity index (χ1n) is 7.99. The molecule has 25 heavy (non-hydrogen) atoms. The first kappa shape index (κ1) is 16.3. The number of benzene rings is 3. The van der Waals surface area contributed by atoms with Gasteiger partial charge in [-0.15, -0.1) is 0 Å². The Morgan fingerprint density at radius 1 is 0.640 bits per heavy atom. The van der Waals surface area contributed by atoms with Crippen LogP contribution >= 0.6 is 23.2 Å². The number of phenolic OH excluding ortho intramolecular Hbond substituents is 2. The number of rotatable bonds is 3. The second-order valence-corrected chi connectivity index (χ2v) is 7.75. The third kappa shape index (κ3) is 2.32. The number of alkyl halides is 2. The van der Waals surface area contributed by atoms with Crippen LogP contribution in [0.5, 0.6) is 11.5 Å². The number of phenols is 2. The van der Waals surface area contributed by atoms with Gasteiger partial charge in [-0.05, 0) is 41.0 Å². The lowest BCUT2D eigenvalue weighted by Gasteiger charge is -2.20. The minimum absolute atomic E-state index is 0.140. The highest BCUT2D eigenvalue weighted by atomic mass is 35.5. The van der Waals surface area contributed by atoms with Gasteiger partial charge in [0.1, 0.15) is 15.8 Å². The van der Waals surface area contributed by atoms with E-state index in [0.29, 0.717) is 0 Å². The van der Waals surface area contributed by atoms with Crippen molar-refractivity contribution in [2.75, 3.05) is 0 Å². The minimum atomic E-state index is -1.04. The van der Waals surface area contributed by atoms with Gasteiger partial charge >= 0.3 is 0 Å². The molecule has 0 aromatic heterocycles. The Labute approximate surface area is 156 Å². The molecule has 3 aromatic carbocycles. The predicted molar refractivity (Wildman–Crippen MR) is 101 cm³/mol. The van der Waals surface area contributed by atoms with E-state index in [4.69, 9.17) is 23.2 Å². The van der Waals surface area contributed by atoms with Crippen LogP contribution in [0.15, 0.2) is 78.9 Å². The molecule has 0 bridgehead atoms. The summed E-state index contributed by atoms with van der Waals surface area (Å²) in [5.74, 6) is 0.242. The highest BCUT2D eigenvalue weighted by molar-refractivity contribution is 6.53. The Bertz CT molecular complexity index is 842. The van der Waals surface area contributed by atoms with E-state index in [1.165, 1.54) is 0 Å². The highest BCUT2D eigenvalue weighted by Crippen LogP contribution is 2.77. The molecule has 2 nitrogen and oxygen atoms in total. The fraction of sp³-hybridized carbons (Fsp3) is 0.143. The average molecular weight is 371 g/mol. The quantitative estimate of drug-likeness (QED) is 0.609. The van der Waals surface area contributed by atoms with Gasteiger partial charge in [-0.3, -0.25) is 0 Å².